The number of nitrogens with one attached hydrogen (secondary N) is 1. The zero-order valence-corrected chi connectivity index (χ0v) is 10.7. The van der Waals surface area contributed by atoms with E-state index in [4.69, 9.17) is 5.11 Å². The number of carbonyl (C=O) groups is 1. The number of carboxylic acids is 1. The third kappa shape index (κ3) is 2.88. The van der Waals surface area contributed by atoms with Crippen molar-refractivity contribution in [3.8, 4) is 0 Å². The summed E-state index contributed by atoms with van der Waals surface area (Å²) in [5.41, 5.74) is 0.933. The molecular formula is C14H18FNO2. The molecule has 1 fully saturated rings. The van der Waals surface area contributed by atoms with Gasteiger partial charge in [0, 0.05) is 12.1 Å². The number of carboxylic acid groups (broad SMARTS) is 1. The van der Waals surface area contributed by atoms with Crippen LogP contribution in [0.2, 0.25) is 0 Å². The van der Waals surface area contributed by atoms with Gasteiger partial charge in [0.25, 0.3) is 0 Å². The zero-order valence-electron chi connectivity index (χ0n) is 10.7. The minimum absolute atomic E-state index is 0.125. The number of hydrogen-bond acceptors (Lipinski definition) is 2. The zero-order chi connectivity index (χ0) is 13.3. The van der Waals surface area contributed by atoms with Crippen molar-refractivity contribution in [1.82, 2.24) is 5.32 Å². The van der Waals surface area contributed by atoms with Gasteiger partial charge in [0.1, 0.15) is 5.82 Å². The average Bonchev–Trinajstić information content (AvgIpc) is 2.89. The second-order valence-corrected chi connectivity index (χ2v) is 5.63. The SMILES string of the molecule is CC1(C)CC1CNCc1cc(C(=O)O)ccc1F. The fourth-order valence-corrected chi connectivity index (χ4v) is 2.15. The van der Waals surface area contributed by atoms with E-state index in [0.29, 0.717) is 23.4 Å². The highest BCUT2D eigenvalue weighted by Gasteiger charge is 2.44. The van der Waals surface area contributed by atoms with Gasteiger partial charge < -0.3 is 10.4 Å². The number of benzene rings is 1. The molecule has 4 heteroatoms. The maximum Gasteiger partial charge on any atom is 0.335 e. The maximum atomic E-state index is 13.5. The Morgan fingerprint density at radius 1 is 1.56 bits per heavy atom. The van der Waals surface area contributed by atoms with E-state index in [1.807, 2.05) is 0 Å². The minimum atomic E-state index is -1.03. The fraction of sp³-hybridized carbons (Fsp3) is 0.500. The van der Waals surface area contributed by atoms with E-state index in [-0.39, 0.29) is 11.4 Å². The molecule has 0 aliphatic heterocycles. The number of aromatic carboxylic acids is 1. The maximum absolute atomic E-state index is 13.5. The predicted octanol–water partition coefficient (Wildman–Crippen LogP) is 2.66. The van der Waals surface area contributed by atoms with Crippen LogP contribution in [0.4, 0.5) is 4.39 Å². The van der Waals surface area contributed by atoms with Crippen LogP contribution in [-0.4, -0.2) is 17.6 Å². The van der Waals surface area contributed by atoms with Crippen molar-refractivity contribution < 1.29 is 14.3 Å². The highest BCUT2D eigenvalue weighted by Crippen LogP contribution is 2.50. The minimum Gasteiger partial charge on any atom is -0.478 e. The summed E-state index contributed by atoms with van der Waals surface area (Å²) in [6, 6.07) is 3.88. The molecule has 0 bridgehead atoms. The molecule has 1 aromatic carbocycles. The second-order valence-electron chi connectivity index (χ2n) is 5.63. The Kier molecular flexibility index (Phi) is 3.39. The van der Waals surface area contributed by atoms with Crippen LogP contribution in [0.5, 0.6) is 0 Å². The lowest BCUT2D eigenvalue weighted by Gasteiger charge is -2.08. The first-order valence-corrected chi connectivity index (χ1v) is 6.12. The van der Waals surface area contributed by atoms with E-state index in [1.54, 1.807) is 0 Å². The van der Waals surface area contributed by atoms with Crippen LogP contribution in [0.3, 0.4) is 0 Å². The van der Waals surface area contributed by atoms with Crippen LogP contribution >= 0.6 is 0 Å². The lowest BCUT2D eigenvalue weighted by molar-refractivity contribution is 0.0696. The average molecular weight is 251 g/mol. The third-order valence-corrected chi connectivity index (χ3v) is 3.72. The molecule has 0 radical (unpaired) electrons. The molecular weight excluding hydrogens is 233 g/mol. The van der Waals surface area contributed by atoms with Crippen LogP contribution in [0.25, 0.3) is 0 Å². The number of rotatable bonds is 5. The van der Waals surface area contributed by atoms with E-state index in [2.05, 4.69) is 19.2 Å². The first kappa shape index (κ1) is 13.0. The topological polar surface area (TPSA) is 49.3 Å². The van der Waals surface area contributed by atoms with Gasteiger partial charge in [-0.25, -0.2) is 9.18 Å². The van der Waals surface area contributed by atoms with E-state index >= 15 is 0 Å². The molecule has 2 rings (SSSR count). The Bertz CT molecular complexity index is 471. The Balaban J connectivity index is 1.92. The molecule has 1 aliphatic carbocycles. The van der Waals surface area contributed by atoms with Crippen molar-refractivity contribution in [3.63, 3.8) is 0 Å². The summed E-state index contributed by atoms with van der Waals surface area (Å²) < 4.78 is 13.5. The van der Waals surface area contributed by atoms with Crippen molar-refractivity contribution in [3.05, 3.63) is 35.1 Å². The van der Waals surface area contributed by atoms with Crippen LogP contribution in [0, 0.1) is 17.2 Å². The Morgan fingerprint density at radius 3 is 2.78 bits per heavy atom. The fourth-order valence-electron chi connectivity index (χ4n) is 2.15. The van der Waals surface area contributed by atoms with Crippen LogP contribution in [0.15, 0.2) is 18.2 Å². The summed E-state index contributed by atoms with van der Waals surface area (Å²) in [7, 11) is 0. The molecule has 2 N–H and O–H groups in total. The van der Waals surface area contributed by atoms with E-state index < -0.39 is 5.97 Å². The Morgan fingerprint density at radius 2 is 2.22 bits per heavy atom. The van der Waals surface area contributed by atoms with Crippen molar-refractivity contribution in [2.75, 3.05) is 6.54 Å². The third-order valence-electron chi connectivity index (χ3n) is 3.72. The van der Waals surface area contributed by atoms with Crippen LogP contribution in [-0.2, 0) is 6.54 Å². The molecule has 1 aliphatic rings. The van der Waals surface area contributed by atoms with Crippen molar-refractivity contribution >= 4 is 5.97 Å². The summed E-state index contributed by atoms with van der Waals surface area (Å²) in [6.45, 7) is 5.65. The lowest BCUT2D eigenvalue weighted by Crippen LogP contribution is -2.19. The molecule has 1 unspecified atom stereocenters. The molecule has 0 aromatic heterocycles. The summed E-state index contributed by atoms with van der Waals surface area (Å²) in [6.07, 6.45) is 1.19. The first-order chi connectivity index (χ1) is 8.40. The van der Waals surface area contributed by atoms with Gasteiger partial charge in [0.05, 0.1) is 5.56 Å². The highest BCUT2D eigenvalue weighted by atomic mass is 19.1. The second kappa shape index (κ2) is 4.69. The molecule has 0 spiro atoms. The largest absolute Gasteiger partial charge is 0.478 e. The van der Waals surface area contributed by atoms with E-state index in [0.717, 1.165) is 6.54 Å². The smallest absolute Gasteiger partial charge is 0.335 e. The Labute approximate surface area is 106 Å². The molecule has 1 aromatic rings. The summed E-state index contributed by atoms with van der Waals surface area (Å²) in [5.74, 6) is -0.745. The molecule has 18 heavy (non-hydrogen) atoms. The van der Waals surface area contributed by atoms with Gasteiger partial charge in [-0.05, 0) is 42.5 Å². The predicted molar refractivity (Wildman–Crippen MR) is 67.0 cm³/mol. The first-order valence-electron chi connectivity index (χ1n) is 6.12. The van der Waals surface area contributed by atoms with Gasteiger partial charge in [-0.2, -0.15) is 0 Å². The van der Waals surface area contributed by atoms with Crippen molar-refractivity contribution in [2.24, 2.45) is 11.3 Å². The van der Waals surface area contributed by atoms with E-state index in [1.165, 1.54) is 24.6 Å². The lowest BCUT2D eigenvalue weighted by atomic mass is 10.1. The quantitative estimate of drug-likeness (QED) is 0.845. The van der Waals surface area contributed by atoms with Gasteiger partial charge in [-0.15, -0.1) is 0 Å². The monoisotopic (exact) mass is 251 g/mol. The van der Waals surface area contributed by atoms with Crippen LogP contribution < -0.4 is 5.32 Å². The van der Waals surface area contributed by atoms with Gasteiger partial charge in [0.2, 0.25) is 0 Å². The van der Waals surface area contributed by atoms with Gasteiger partial charge in [0.15, 0.2) is 0 Å². The van der Waals surface area contributed by atoms with Crippen LogP contribution in [0.1, 0.15) is 36.2 Å². The highest BCUT2D eigenvalue weighted by molar-refractivity contribution is 5.87. The number of hydrogen-bond donors (Lipinski definition) is 2. The Hall–Kier alpha value is -1.42. The van der Waals surface area contributed by atoms with Gasteiger partial charge in [-0.3, -0.25) is 0 Å². The molecule has 1 atom stereocenters. The molecule has 3 nitrogen and oxygen atoms in total. The molecule has 0 saturated heterocycles. The van der Waals surface area contributed by atoms with E-state index in [9.17, 15) is 9.18 Å². The van der Waals surface area contributed by atoms with Gasteiger partial charge in [-0.1, -0.05) is 13.8 Å². The van der Waals surface area contributed by atoms with Gasteiger partial charge >= 0.3 is 5.97 Å². The normalized spacial score (nSPS) is 20.7. The van der Waals surface area contributed by atoms with Crippen molar-refractivity contribution in [2.45, 2.75) is 26.8 Å². The molecule has 98 valence electrons. The summed E-state index contributed by atoms with van der Waals surface area (Å²) >= 11 is 0. The summed E-state index contributed by atoms with van der Waals surface area (Å²) in [4.78, 5) is 10.8. The summed E-state index contributed by atoms with van der Waals surface area (Å²) in [5, 5.41) is 12.0. The standard InChI is InChI=1S/C14H18FNO2/c1-14(2)6-11(14)8-16-7-10-5-9(13(17)18)3-4-12(10)15/h3-5,11,16H,6-8H2,1-2H3,(H,17,18). The molecule has 0 heterocycles. The molecule has 1 saturated carbocycles. The molecule has 0 amide bonds. The van der Waals surface area contributed by atoms with Crippen molar-refractivity contribution in [1.29, 1.82) is 0 Å². The number of halogens is 1.